The van der Waals surface area contributed by atoms with Crippen LogP contribution in [0, 0.1) is 5.92 Å². The Balaban J connectivity index is 1.76. The molecular formula is C24H27N3O4. The van der Waals surface area contributed by atoms with Crippen LogP contribution in [0.3, 0.4) is 0 Å². The normalized spacial score (nSPS) is 15.5. The van der Waals surface area contributed by atoms with Crippen molar-refractivity contribution in [3.05, 3.63) is 65.4 Å². The standard InChI is InChI=1S/C24H27N3O4/c1-15(2)10-13-31-17-7-5-6-16(14-17)23-20-21(18-8-3-4-9-19(18)29)25-26-22(20)24(30)27(23)11-12-28/h3-9,14-15,23,28-29H,10-13H2,1-2H3,(H,25,26). The number of aromatic hydroxyl groups is 1. The van der Waals surface area contributed by atoms with Crippen LogP contribution in [0.2, 0.25) is 0 Å². The lowest BCUT2D eigenvalue weighted by atomic mass is 9.95. The second-order valence-corrected chi connectivity index (χ2v) is 8.11. The number of hydrogen-bond donors (Lipinski definition) is 3. The second-order valence-electron chi connectivity index (χ2n) is 8.11. The Morgan fingerprint density at radius 1 is 1.19 bits per heavy atom. The molecule has 31 heavy (non-hydrogen) atoms. The number of aliphatic hydroxyl groups excluding tert-OH is 1. The molecule has 0 bridgehead atoms. The lowest BCUT2D eigenvalue weighted by Crippen LogP contribution is -2.32. The van der Waals surface area contributed by atoms with E-state index in [0.29, 0.717) is 35.0 Å². The lowest BCUT2D eigenvalue weighted by molar-refractivity contribution is 0.0706. The number of benzene rings is 2. The molecule has 1 aliphatic heterocycles. The van der Waals surface area contributed by atoms with E-state index < -0.39 is 6.04 Å². The monoisotopic (exact) mass is 421 g/mol. The van der Waals surface area contributed by atoms with Gasteiger partial charge in [0.1, 0.15) is 22.9 Å². The first-order valence-corrected chi connectivity index (χ1v) is 10.5. The number of carbonyl (C=O) groups is 1. The molecule has 0 saturated carbocycles. The van der Waals surface area contributed by atoms with Gasteiger partial charge in [0, 0.05) is 17.7 Å². The topological polar surface area (TPSA) is 98.7 Å². The highest BCUT2D eigenvalue weighted by atomic mass is 16.5. The summed E-state index contributed by atoms with van der Waals surface area (Å²) in [6, 6.07) is 14.1. The molecule has 1 atom stereocenters. The minimum atomic E-state index is -0.448. The summed E-state index contributed by atoms with van der Waals surface area (Å²) in [5, 5.41) is 27.2. The predicted molar refractivity (Wildman–Crippen MR) is 117 cm³/mol. The SMILES string of the molecule is CC(C)CCOc1cccc(C2c3c(-c4ccccc4O)n[nH]c3C(=O)N2CCO)c1. The number of carbonyl (C=O) groups excluding carboxylic acids is 1. The third-order valence-electron chi connectivity index (χ3n) is 5.50. The van der Waals surface area contributed by atoms with Crippen LogP contribution in [-0.2, 0) is 0 Å². The Hall–Kier alpha value is -3.32. The number of phenolic OH excluding ortho intramolecular Hbond substituents is 1. The van der Waals surface area contributed by atoms with E-state index in [0.717, 1.165) is 17.7 Å². The number of rotatable bonds is 8. The number of aliphatic hydroxyl groups is 1. The number of phenols is 1. The number of amides is 1. The zero-order valence-electron chi connectivity index (χ0n) is 17.7. The van der Waals surface area contributed by atoms with Gasteiger partial charge in [-0.1, -0.05) is 38.1 Å². The van der Waals surface area contributed by atoms with E-state index in [-0.39, 0.29) is 24.8 Å². The highest BCUT2D eigenvalue weighted by molar-refractivity contribution is 6.00. The van der Waals surface area contributed by atoms with Crippen molar-refractivity contribution in [1.29, 1.82) is 0 Å². The molecule has 4 rings (SSSR count). The van der Waals surface area contributed by atoms with Gasteiger partial charge in [-0.25, -0.2) is 0 Å². The smallest absolute Gasteiger partial charge is 0.273 e. The maximum absolute atomic E-state index is 13.1. The number of nitrogens with zero attached hydrogens (tertiary/aromatic N) is 2. The van der Waals surface area contributed by atoms with E-state index in [1.807, 2.05) is 30.3 Å². The molecule has 162 valence electrons. The van der Waals surface area contributed by atoms with Crippen LogP contribution in [0.25, 0.3) is 11.3 Å². The molecular weight excluding hydrogens is 394 g/mol. The number of fused-ring (bicyclic) bond motifs is 1. The van der Waals surface area contributed by atoms with Crippen LogP contribution >= 0.6 is 0 Å². The third-order valence-corrected chi connectivity index (χ3v) is 5.50. The van der Waals surface area contributed by atoms with Crippen molar-refractivity contribution in [3.63, 3.8) is 0 Å². The van der Waals surface area contributed by atoms with Crippen molar-refractivity contribution in [2.75, 3.05) is 19.8 Å². The summed E-state index contributed by atoms with van der Waals surface area (Å²) in [5.41, 5.74) is 3.01. The van der Waals surface area contributed by atoms with E-state index in [1.54, 1.807) is 23.1 Å². The number of para-hydroxylation sites is 1. The molecule has 1 aromatic heterocycles. The van der Waals surface area contributed by atoms with E-state index in [1.165, 1.54) is 0 Å². The van der Waals surface area contributed by atoms with Crippen LogP contribution in [0.15, 0.2) is 48.5 Å². The van der Waals surface area contributed by atoms with Crippen LogP contribution in [0.4, 0.5) is 0 Å². The van der Waals surface area contributed by atoms with E-state index in [2.05, 4.69) is 24.0 Å². The number of nitrogens with one attached hydrogen (secondary N) is 1. The fourth-order valence-electron chi connectivity index (χ4n) is 3.95. The maximum Gasteiger partial charge on any atom is 0.273 e. The van der Waals surface area contributed by atoms with Gasteiger partial charge in [-0.15, -0.1) is 0 Å². The van der Waals surface area contributed by atoms with Gasteiger partial charge >= 0.3 is 0 Å². The van der Waals surface area contributed by atoms with E-state index in [9.17, 15) is 15.0 Å². The number of ether oxygens (including phenoxy) is 1. The summed E-state index contributed by atoms with van der Waals surface area (Å²) in [4.78, 5) is 14.7. The van der Waals surface area contributed by atoms with Crippen molar-refractivity contribution in [2.24, 2.45) is 5.92 Å². The average Bonchev–Trinajstić information content (AvgIpc) is 3.28. The van der Waals surface area contributed by atoms with Gasteiger partial charge in [0.05, 0.1) is 19.3 Å². The average molecular weight is 421 g/mol. The largest absolute Gasteiger partial charge is 0.507 e. The number of aromatic nitrogens is 2. The Kier molecular flexibility index (Phi) is 5.95. The Bertz CT molecular complexity index is 1080. The maximum atomic E-state index is 13.1. The van der Waals surface area contributed by atoms with Crippen LogP contribution in [0.5, 0.6) is 11.5 Å². The van der Waals surface area contributed by atoms with Crippen LogP contribution in [0.1, 0.15) is 47.9 Å². The number of hydrogen-bond acceptors (Lipinski definition) is 5. The summed E-state index contributed by atoms with van der Waals surface area (Å²) < 4.78 is 5.93. The summed E-state index contributed by atoms with van der Waals surface area (Å²) in [6.07, 6.45) is 0.950. The van der Waals surface area contributed by atoms with E-state index in [4.69, 9.17) is 4.74 Å². The van der Waals surface area contributed by atoms with E-state index >= 15 is 0 Å². The number of aromatic amines is 1. The molecule has 0 fully saturated rings. The predicted octanol–water partition coefficient (Wildman–Crippen LogP) is 3.74. The zero-order chi connectivity index (χ0) is 22.0. The van der Waals surface area contributed by atoms with Crippen LogP contribution < -0.4 is 4.74 Å². The molecule has 2 aromatic carbocycles. The van der Waals surface area contributed by atoms with Gasteiger partial charge in [0.15, 0.2) is 0 Å². The Morgan fingerprint density at radius 2 is 2.00 bits per heavy atom. The highest BCUT2D eigenvalue weighted by Gasteiger charge is 2.42. The fourth-order valence-corrected chi connectivity index (χ4v) is 3.95. The van der Waals surface area contributed by atoms with Gasteiger partial charge < -0.3 is 19.8 Å². The first-order valence-electron chi connectivity index (χ1n) is 10.5. The summed E-state index contributed by atoms with van der Waals surface area (Å²) in [5.74, 6) is 1.14. The molecule has 3 aromatic rings. The van der Waals surface area contributed by atoms with Gasteiger partial charge in [-0.05, 0) is 42.2 Å². The molecule has 1 amide bonds. The molecule has 2 heterocycles. The molecule has 0 spiro atoms. The first kappa shape index (κ1) is 20.9. The molecule has 0 saturated heterocycles. The van der Waals surface area contributed by atoms with Gasteiger partial charge in [-0.3, -0.25) is 9.89 Å². The molecule has 1 unspecified atom stereocenters. The summed E-state index contributed by atoms with van der Waals surface area (Å²) in [7, 11) is 0. The molecule has 7 heteroatoms. The summed E-state index contributed by atoms with van der Waals surface area (Å²) in [6.45, 7) is 4.95. The second kappa shape index (κ2) is 8.81. The van der Waals surface area contributed by atoms with Crippen molar-refractivity contribution in [3.8, 4) is 22.8 Å². The lowest BCUT2D eigenvalue weighted by Gasteiger charge is -2.26. The summed E-state index contributed by atoms with van der Waals surface area (Å²) >= 11 is 0. The molecule has 1 aliphatic rings. The fraction of sp³-hybridized carbons (Fsp3) is 0.333. The molecule has 3 N–H and O–H groups in total. The zero-order valence-corrected chi connectivity index (χ0v) is 17.7. The van der Waals surface area contributed by atoms with Crippen LogP contribution in [-0.4, -0.2) is 51.0 Å². The van der Waals surface area contributed by atoms with Gasteiger partial charge in [0.2, 0.25) is 0 Å². The van der Waals surface area contributed by atoms with Gasteiger partial charge in [-0.2, -0.15) is 5.10 Å². The van der Waals surface area contributed by atoms with Crippen molar-refractivity contribution >= 4 is 5.91 Å². The minimum Gasteiger partial charge on any atom is -0.507 e. The minimum absolute atomic E-state index is 0.0920. The van der Waals surface area contributed by atoms with Crippen molar-refractivity contribution < 1.29 is 19.7 Å². The Labute approximate surface area is 181 Å². The van der Waals surface area contributed by atoms with Gasteiger partial charge in [0.25, 0.3) is 5.91 Å². The molecule has 0 aliphatic carbocycles. The quantitative estimate of drug-likeness (QED) is 0.515. The third kappa shape index (κ3) is 4.01. The van der Waals surface area contributed by atoms with Crippen molar-refractivity contribution in [1.82, 2.24) is 15.1 Å². The number of β-amino-alcohol motifs (C(OH)–C–C–N with tert-alkyl or cyclic N) is 1. The highest BCUT2D eigenvalue weighted by Crippen LogP contribution is 2.44. The molecule has 7 nitrogen and oxygen atoms in total. The molecule has 0 radical (unpaired) electrons. The first-order chi connectivity index (χ1) is 15.0. The van der Waals surface area contributed by atoms with Crippen molar-refractivity contribution in [2.45, 2.75) is 26.3 Å². The number of H-pyrrole nitrogens is 1. The Morgan fingerprint density at radius 3 is 2.74 bits per heavy atom.